The van der Waals surface area contributed by atoms with E-state index in [1.165, 1.54) is 0 Å². The highest BCUT2D eigenvalue weighted by molar-refractivity contribution is 7.15. The lowest BCUT2D eigenvalue weighted by Crippen LogP contribution is -2.36. The van der Waals surface area contributed by atoms with Crippen molar-refractivity contribution >= 4 is 33.6 Å². The number of likely N-dealkylation sites (N-methyl/N-ethyl adjacent to an activating group) is 1. The second kappa shape index (κ2) is 9.74. The first-order chi connectivity index (χ1) is 16.2. The standard InChI is InChI=1S/C25H27N5O2S/c1-28(17-22-24(19-5-3-2-4-6-19)27-25-30(22)13-16-33-25)18-23(31)26-20-7-9-21(10-8-20)29-11-14-32-15-12-29/h2-10,13,16H,11-12,14-15,17-18H2,1H3,(H,26,31). The smallest absolute Gasteiger partial charge is 0.238 e. The van der Waals surface area contributed by atoms with Crippen molar-refractivity contribution in [1.82, 2.24) is 14.3 Å². The molecule has 1 N–H and O–H groups in total. The van der Waals surface area contributed by atoms with Gasteiger partial charge in [-0.15, -0.1) is 11.3 Å². The molecule has 0 radical (unpaired) electrons. The van der Waals surface area contributed by atoms with Crippen molar-refractivity contribution in [2.45, 2.75) is 6.54 Å². The van der Waals surface area contributed by atoms with E-state index in [0.717, 1.165) is 59.6 Å². The van der Waals surface area contributed by atoms with Gasteiger partial charge in [0.1, 0.15) is 0 Å². The molecule has 1 saturated heterocycles. The number of imidazole rings is 1. The number of carbonyl (C=O) groups excluding carboxylic acids is 1. The van der Waals surface area contributed by atoms with E-state index in [0.29, 0.717) is 6.54 Å². The Hall–Kier alpha value is -3.20. The van der Waals surface area contributed by atoms with E-state index < -0.39 is 0 Å². The van der Waals surface area contributed by atoms with Gasteiger partial charge < -0.3 is 15.0 Å². The summed E-state index contributed by atoms with van der Waals surface area (Å²) in [6, 6.07) is 18.2. The van der Waals surface area contributed by atoms with E-state index in [-0.39, 0.29) is 12.5 Å². The molecule has 33 heavy (non-hydrogen) atoms. The van der Waals surface area contributed by atoms with Crippen LogP contribution in [0.2, 0.25) is 0 Å². The monoisotopic (exact) mass is 461 g/mol. The van der Waals surface area contributed by atoms with Gasteiger partial charge in [0.05, 0.1) is 31.1 Å². The molecule has 0 unspecified atom stereocenters. The zero-order valence-corrected chi connectivity index (χ0v) is 19.4. The van der Waals surface area contributed by atoms with Gasteiger partial charge in [0.25, 0.3) is 0 Å². The molecule has 2 aromatic carbocycles. The summed E-state index contributed by atoms with van der Waals surface area (Å²) in [7, 11) is 1.96. The normalized spacial score (nSPS) is 14.2. The molecular weight excluding hydrogens is 434 g/mol. The summed E-state index contributed by atoms with van der Waals surface area (Å²) >= 11 is 1.61. The maximum Gasteiger partial charge on any atom is 0.238 e. The highest BCUT2D eigenvalue weighted by Gasteiger charge is 2.18. The predicted octanol–water partition coefficient (Wildman–Crippen LogP) is 3.97. The summed E-state index contributed by atoms with van der Waals surface area (Å²) in [4.78, 5) is 22.8. The number of ether oxygens (including phenoxy) is 1. The van der Waals surface area contributed by atoms with Crippen LogP contribution in [-0.4, -0.2) is 60.1 Å². The van der Waals surface area contributed by atoms with E-state index in [4.69, 9.17) is 9.72 Å². The number of carbonyl (C=O) groups is 1. The topological polar surface area (TPSA) is 62.1 Å². The van der Waals surface area contributed by atoms with Crippen molar-refractivity contribution < 1.29 is 9.53 Å². The van der Waals surface area contributed by atoms with Gasteiger partial charge in [-0.05, 0) is 31.3 Å². The van der Waals surface area contributed by atoms with Gasteiger partial charge in [0.15, 0.2) is 4.96 Å². The number of thiazole rings is 1. The number of hydrogen-bond donors (Lipinski definition) is 1. The minimum Gasteiger partial charge on any atom is -0.378 e. The minimum atomic E-state index is -0.0380. The van der Waals surface area contributed by atoms with Gasteiger partial charge in [-0.2, -0.15) is 0 Å². The van der Waals surface area contributed by atoms with Crippen LogP contribution in [0.1, 0.15) is 5.69 Å². The molecule has 0 saturated carbocycles. The quantitative estimate of drug-likeness (QED) is 0.451. The molecule has 0 atom stereocenters. The van der Waals surface area contributed by atoms with Crippen LogP contribution in [-0.2, 0) is 16.1 Å². The van der Waals surface area contributed by atoms with E-state index in [2.05, 4.69) is 38.9 Å². The summed E-state index contributed by atoms with van der Waals surface area (Å²) in [5, 5.41) is 5.05. The molecule has 4 aromatic rings. The third kappa shape index (κ3) is 4.93. The van der Waals surface area contributed by atoms with Crippen LogP contribution in [0.4, 0.5) is 11.4 Å². The Balaban J connectivity index is 1.23. The number of benzene rings is 2. The molecule has 1 aliphatic heterocycles. The summed E-state index contributed by atoms with van der Waals surface area (Å²) in [6.07, 6.45) is 2.04. The fraction of sp³-hybridized carbons (Fsp3) is 0.280. The molecule has 2 aromatic heterocycles. The first-order valence-electron chi connectivity index (χ1n) is 11.1. The number of fused-ring (bicyclic) bond motifs is 1. The molecule has 1 fully saturated rings. The van der Waals surface area contributed by atoms with Crippen molar-refractivity contribution in [1.29, 1.82) is 0 Å². The third-order valence-electron chi connectivity index (χ3n) is 5.77. The lowest BCUT2D eigenvalue weighted by molar-refractivity contribution is -0.117. The van der Waals surface area contributed by atoms with Crippen LogP contribution < -0.4 is 10.2 Å². The zero-order valence-electron chi connectivity index (χ0n) is 18.6. The highest BCUT2D eigenvalue weighted by atomic mass is 32.1. The average molecular weight is 462 g/mol. The zero-order chi connectivity index (χ0) is 22.6. The predicted molar refractivity (Wildman–Crippen MR) is 133 cm³/mol. The van der Waals surface area contributed by atoms with Crippen LogP contribution >= 0.6 is 11.3 Å². The van der Waals surface area contributed by atoms with Gasteiger partial charge in [-0.1, -0.05) is 30.3 Å². The number of anilines is 2. The van der Waals surface area contributed by atoms with Gasteiger partial charge in [-0.3, -0.25) is 14.1 Å². The first kappa shape index (κ1) is 21.6. The van der Waals surface area contributed by atoms with Crippen molar-refractivity contribution in [2.75, 3.05) is 50.1 Å². The molecule has 7 nitrogen and oxygen atoms in total. The van der Waals surface area contributed by atoms with Gasteiger partial charge in [-0.25, -0.2) is 4.98 Å². The number of aromatic nitrogens is 2. The Morgan fingerprint density at radius 3 is 2.64 bits per heavy atom. The van der Waals surface area contributed by atoms with E-state index in [1.807, 2.05) is 53.9 Å². The third-order valence-corrected chi connectivity index (χ3v) is 6.53. The van der Waals surface area contributed by atoms with Crippen molar-refractivity contribution in [3.05, 3.63) is 71.9 Å². The number of rotatable bonds is 7. The molecule has 5 rings (SSSR count). The molecule has 1 amide bonds. The second-order valence-corrected chi connectivity index (χ2v) is 9.07. The van der Waals surface area contributed by atoms with E-state index >= 15 is 0 Å². The molecule has 3 heterocycles. The van der Waals surface area contributed by atoms with E-state index in [1.54, 1.807) is 11.3 Å². The molecule has 0 aliphatic carbocycles. The van der Waals surface area contributed by atoms with Crippen LogP contribution in [0.3, 0.4) is 0 Å². The summed E-state index contributed by atoms with van der Waals surface area (Å²) in [5.74, 6) is -0.0380. The number of hydrogen-bond acceptors (Lipinski definition) is 6. The van der Waals surface area contributed by atoms with Crippen molar-refractivity contribution in [2.24, 2.45) is 0 Å². The summed E-state index contributed by atoms with van der Waals surface area (Å²) in [5.41, 5.74) is 5.10. The maximum absolute atomic E-state index is 12.7. The van der Waals surface area contributed by atoms with Crippen LogP contribution in [0.5, 0.6) is 0 Å². The lowest BCUT2D eigenvalue weighted by atomic mass is 10.1. The molecule has 8 heteroatoms. The van der Waals surface area contributed by atoms with Gasteiger partial charge in [0.2, 0.25) is 5.91 Å². The SMILES string of the molecule is CN(CC(=O)Nc1ccc(N2CCOCC2)cc1)Cc1c(-c2ccccc2)nc2sccn12. The molecule has 1 aliphatic rings. The molecule has 0 spiro atoms. The molecular formula is C25H27N5O2S. The summed E-state index contributed by atoms with van der Waals surface area (Å²) in [6.45, 7) is 4.21. The molecule has 170 valence electrons. The first-order valence-corrected chi connectivity index (χ1v) is 12.0. The Morgan fingerprint density at radius 2 is 1.88 bits per heavy atom. The van der Waals surface area contributed by atoms with Crippen LogP contribution in [0, 0.1) is 0 Å². The number of nitrogens with zero attached hydrogens (tertiary/aromatic N) is 4. The maximum atomic E-state index is 12.7. The van der Waals surface area contributed by atoms with Gasteiger partial charge >= 0.3 is 0 Å². The van der Waals surface area contributed by atoms with Gasteiger partial charge in [0, 0.05) is 48.1 Å². The Kier molecular flexibility index (Phi) is 6.39. The fourth-order valence-electron chi connectivity index (χ4n) is 4.15. The fourth-order valence-corrected chi connectivity index (χ4v) is 4.88. The minimum absolute atomic E-state index is 0.0380. The second-order valence-electron chi connectivity index (χ2n) is 8.20. The van der Waals surface area contributed by atoms with Crippen molar-refractivity contribution in [3.8, 4) is 11.3 Å². The number of morpholine rings is 1. The van der Waals surface area contributed by atoms with Crippen LogP contribution in [0.15, 0.2) is 66.2 Å². The number of nitrogens with one attached hydrogen (secondary N) is 1. The Morgan fingerprint density at radius 1 is 1.12 bits per heavy atom. The largest absolute Gasteiger partial charge is 0.378 e. The summed E-state index contributed by atoms with van der Waals surface area (Å²) < 4.78 is 7.53. The lowest BCUT2D eigenvalue weighted by Gasteiger charge is -2.28. The van der Waals surface area contributed by atoms with Crippen molar-refractivity contribution in [3.63, 3.8) is 0 Å². The molecule has 0 bridgehead atoms. The highest BCUT2D eigenvalue weighted by Crippen LogP contribution is 2.27. The Bertz CT molecular complexity index is 1210. The van der Waals surface area contributed by atoms with E-state index in [9.17, 15) is 4.79 Å². The number of amides is 1. The average Bonchev–Trinajstić information content (AvgIpc) is 3.43. The Labute approximate surface area is 197 Å². The van der Waals surface area contributed by atoms with Crippen LogP contribution in [0.25, 0.3) is 16.2 Å².